The first-order valence-electron chi connectivity index (χ1n) is 6.21. The monoisotopic (exact) mass is 269 g/mol. The van der Waals surface area contributed by atoms with Crippen LogP contribution in [0.1, 0.15) is 25.0 Å². The summed E-state index contributed by atoms with van der Waals surface area (Å²) in [5, 5.41) is 3.33. The van der Waals surface area contributed by atoms with Gasteiger partial charge in [0.15, 0.2) is 0 Å². The molecule has 0 aromatic carbocycles. The Kier molecular flexibility index (Phi) is 4.72. The second-order valence-electron chi connectivity index (χ2n) is 4.49. The van der Waals surface area contributed by atoms with Crippen LogP contribution in [0.5, 0.6) is 0 Å². The third-order valence-corrected chi connectivity index (χ3v) is 4.15. The fraction of sp³-hybridized carbons (Fsp3) is 0.615. The fourth-order valence-corrected chi connectivity index (χ4v) is 2.73. The van der Waals surface area contributed by atoms with E-state index in [2.05, 4.69) is 5.32 Å². The van der Waals surface area contributed by atoms with Crippen LogP contribution in [0.2, 0.25) is 0 Å². The van der Waals surface area contributed by atoms with E-state index in [-0.39, 0.29) is 12.0 Å². The molecule has 18 heavy (non-hydrogen) atoms. The lowest BCUT2D eigenvalue weighted by atomic mass is 10.2. The van der Waals surface area contributed by atoms with Crippen LogP contribution in [-0.4, -0.2) is 30.9 Å². The van der Waals surface area contributed by atoms with Crippen LogP contribution >= 0.6 is 11.8 Å². The lowest BCUT2D eigenvalue weighted by Gasteiger charge is -2.15. The van der Waals surface area contributed by atoms with E-state index in [9.17, 15) is 4.79 Å². The quantitative estimate of drug-likeness (QED) is 0.608. The smallest absolute Gasteiger partial charge is 0.322 e. The number of thioether (sulfide) groups is 1. The second-order valence-corrected chi connectivity index (χ2v) is 5.63. The third-order valence-electron chi connectivity index (χ3n) is 2.98. The predicted octanol–water partition coefficient (Wildman–Crippen LogP) is 2.36. The van der Waals surface area contributed by atoms with Crippen LogP contribution in [0, 0.1) is 6.92 Å². The zero-order valence-electron chi connectivity index (χ0n) is 10.8. The molecule has 2 rings (SSSR count). The van der Waals surface area contributed by atoms with E-state index in [1.165, 1.54) is 20.0 Å². The number of nitrogens with one attached hydrogen (secondary N) is 1. The molecule has 1 unspecified atom stereocenters. The van der Waals surface area contributed by atoms with Gasteiger partial charge in [-0.05, 0) is 32.3 Å². The highest BCUT2D eigenvalue weighted by atomic mass is 32.2. The van der Waals surface area contributed by atoms with Gasteiger partial charge in [0, 0.05) is 16.7 Å². The normalized spacial score (nSPS) is 16.6. The lowest BCUT2D eigenvalue weighted by molar-refractivity contribution is -0.143. The average Bonchev–Trinajstić information content (AvgIpc) is 3.10. The SMILES string of the molecule is COC(=O)C(CCSc1ccoc1C)NC1CC1. The molecule has 1 aliphatic rings. The first-order chi connectivity index (χ1) is 8.70. The standard InChI is InChI=1S/C13H19NO3S/c1-9-12(5-7-17-9)18-8-6-11(13(15)16-2)14-10-3-4-10/h5,7,10-11,14H,3-4,6,8H2,1-2H3. The van der Waals surface area contributed by atoms with Crippen molar-refractivity contribution >= 4 is 17.7 Å². The number of ether oxygens (including phenoxy) is 1. The summed E-state index contributed by atoms with van der Waals surface area (Å²) in [6.45, 7) is 1.95. The molecule has 0 bridgehead atoms. The number of aryl methyl sites for hydroxylation is 1. The summed E-state index contributed by atoms with van der Waals surface area (Å²) in [4.78, 5) is 12.8. The van der Waals surface area contributed by atoms with Crippen molar-refractivity contribution in [3.05, 3.63) is 18.1 Å². The van der Waals surface area contributed by atoms with Crippen molar-refractivity contribution in [1.29, 1.82) is 0 Å². The molecule has 1 aromatic rings. The van der Waals surface area contributed by atoms with Crippen molar-refractivity contribution in [3.63, 3.8) is 0 Å². The van der Waals surface area contributed by atoms with E-state index in [1.807, 2.05) is 13.0 Å². The Labute approximate surface area is 111 Å². The first-order valence-corrected chi connectivity index (χ1v) is 7.20. The maximum absolute atomic E-state index is 11.6. The van der Waals surface area contributed by atoms with Gasteiger partial charge in [-0.2, -0.15) is 0 Å². The molecule has 0 aliphatic heterocycles. The Morgan fingerprint density at radius 3 is 3.00 bits per heavy atom. The van der Waals surface area contributed by atoms with Gasteiger partial charge in [0.1, 0.15) is 11.8 Å². The number of esters is 1. The molecule has 0 radical (unpaired) electrons. The van der Waals surface area contributed by atoms with E-state index in [1.54, 1.807) is 18.0 Å². The molecule has 0 saturated heterocycles. The first kappa shape index (κ1) is 13.5. The maximum Gasteiger partial charge on any atom is 0.322 e. The predicted molar refractivity (Wildman–Crippen MR) is 70.7 cm³/mol. The Morgan fingerprint density at radius 1 is 1.67 bits per heavy atom. The van der Waals surface area contributed by atoms with Gasteiger partial charge in [0.25, 0.3) is 0 Å². The lowest BCUT2D eigenvalue weighted by Crippen LogP contribution is -2.39. The second kappa shape index (κ2) is 6.29. The minimum atomic E-state index is -0.179. The minimum Gasteiger partial charge on any atom is -0.468 e. The largest absolute Gasteiger partial charge is 0.468 e. The third kappa shape index (κ3) is 3.78. The summed E-state index contributed by atoms with van der Waals surface area (Å²) in [6.07, 6.45) is 4.80. The highest BCUT2D eigenvalue weighted by Crippen LogP contribution is 2.25. The molecule has 0 spiro atoms. The summed E-state index contributed by atoms with van der Waals surface area (Å²) in [5.41, 5.74) is 0. The topological polar surface area (TPSA) is 51.5 Å². The van der Waals surface area contributed by atoms with Crippen molar-refractivity contribution in [1.82, 2.24) is 5.32 Å². The summed E-state index contributed by atoms with van der Waals surface area (Å²) >= 11 is 1.72. The van der Waals surface area contributed by atoms with Gasteiger partial charge in [0.05, 0.1) is 13.4 Å². The zero-order chi connectivity index (χ0) is 13.0. The van der Waals surface area contributed by atoms with Crippen LogP contribution in [0.3, 0.4) is 0 Å². The van der Waals surface area contributed by atoms with E-state index in [0.717, 1.165) is 22.8 Å². The molecule has 1 aromatic heterocycles. The molecule has 100 valence electrons. The van der Waals surface area contributed by atoms with E-state index in [0.29, 0.717) is 6.04 Å². The van der Waals surface area contributed by atoms with E-state index < -0.39 is 0 Å². The summed E-state index contributed by atoms with van der Waals surface area (Å²) < 4.78 is 10.1. The Balaban J connectivity index is 1.77. The number of hydrogen-bond donors (Lipinski definition) is 1. The van der Waals surface area contributed by atoms with Crippen molar-refractivity contribution in [2.24, 2.45) is 0 Å². The minimum absolute atomic E-state index is 0.161. The Hall–Kier alpha value is -0.940. The summed E-state index contributed by atoms with van der Waals surface area (Å²) in [7, 11) is 1.44. The van der Waals surface area contributed by atoms with Gasteiger partial charge < -0.3 is 14.5 Å². The number of methoxy groups -OCH3 is 1. The van der Waals surface area contributed by atoms with Gasteiger partial charge >= 0.3 is 5.97 Å². The van der Waals surface area contributed by atoms with Crippen molar-refractivity contribution in [3.8, 4) is 0 Å². The average molecular weight is 269 g/mol. The number of hydrogen-bond acceptors (Lipinski definition) is 5. The molecule has 1 N–H and O–H groups in total. The van der Waals surface area contributed by atoms with Crippen LogP contribution in [0.4, 0.5) is 0 Å². The molecule has 1 aliphatic carbocycles. The van der Waals surface area contributed by atoms with Crippen LogP contribution in [0.15, 0.2) is 21.6 Å². The maximum atomic E-state index is 11.6. The van der Waals surface area contributed by atoms with Crippen LogP contribution in [0.25, 0.3) is 0 Å². The molecule has 1 atom stereocenters. The molecule has 5 heteroatoms. The molecular formula is C13H19NO3S. The van der Waals surface area contributed by atoms with E-state index >= 15 is 0 Å². The van der Waals surface area contributed by atoms with Gasteiger partial charge in [-0.25, -0.2) is 0 Å². The molecule has 0 amide bonds. The van der Waals surface area contributed by atoms with Gasteiger partial charge in [-0.3, -0.25) is 4.79 Å². The molecule has 1 fully saturated rings. The molecule has 4 nitrogen and oxygen atoms in total. The molecule has 1 saturated carbocycles. The van der Waals surface area contributed by atoms with Crippen molar-refractivity contribution in [2.45, 2.75) is 43.2 Å². The van der Waals surface area contributed by atoms with Crippen molar-refractivity contribution in [2.75, 3.05) is 12.9 Å². The number of furan rings is 1. The van der Waals surface area contributed by atoms with Gasteiger partial charge in [0.2, 0.25) is 0 Å². The zero-order valence-corrected chi connectivity index (χ0v) is 11.6. The highest BCUT2D eigenvalue weighted by molar-refractivity contribution is 7.99. The summed E-state index contributed by atoms with van der Waals surface area (Å²) in [6, 6.07) is 2.29. The summed E-state index contributed by atoms with van der Waals surface area (Å²) in [5.74, 6) is 1.65. The molecule has 1 heterocycles. The Bertz CT molecular complexity index is 401. The Morgan fingerprint density at radius 2 is 2.44 bits per heavy atom. The fourth-order valence-electron chi connectivity index (χ4n) is 1.76. The van der Waals surface area contributed by atoms with Crippen molar-refractivity contribution < 1.29 is 13.9 Å². The van der Waals surface area contributed by atoms with Crippen LogP contribution in [-0.2, 0) is 9.53 Å². The van der Waals surface area contributed by atoms with E-state index in [4.69, 9.17) is 9.15 Å². The number of rotatable bonds is 7. The number of carbonyl (C=O) groups excluding carboxylic acids is 1. The highest BCUT2D eigenvalue weighted by Gasteiger charge is 2.28. The van der Waals surface area contributed by atoms with Gasteiger partial charge in [-0.1, -0.05) is 0 Å². The van der Waals surface area contributed by atoms with Crippen LogP contribution < -0.4 is 5.32 Å². The molecular weight excluding hydrogens is 250 g/mol. The number of carbonyl (C=O) groups is 1. The van der Waals surface area contributed by atoms with Gasteiger partial charge in [-0.15, -0.1) is 11.8 Å².